The number of aliphatic hydroxyl groups is 2. The van der Waals surface area contributed by atoms with Crippen molar-refractivity contribution in [2.45, 2.75) is 97.2 Å². The summed E-state index contributed by atoms with van der Waals surface area (Å²) in [6.07, 6.45) is 8.95. The van der Waals surface area contributed by atoms with Gasteiger partial charge in [-0.2, -0.15) is 0 Å². The van der Waals surface area contributed by atoms with Crippen LogP contribution in [0.25, 0.3) is 0 Å². The first-order valence-corrected chi connectivity index (χ1v) is 12.9. The Bertz CT molecular complexity index is 733. The molecule has 0 aromatic rings. The zero-order chi connectivity index (χ0) is 23.3. The molecule has 0 aliphatic heterocycles. The van der Waals surface area contributed by atoms with Crippen LogP contribution < -0.4 is 40.0 Å². The first-order chi connectivity index (χ1) is 15.1. The fourth-order valence-corrected chi connectivity index (χ4v) is 8.99. The molecule has 4 saturated carbocycles. The van der Waals surface area contributed by atoms with Crippen molar-refractivity contribution in [1.29, 1.82) is 0 Å². The Morgan fingerprint density at radius 2 is 1.70 bits per heavy atom. The summed E-state index contributed by atoms with van der Waals surface area (Å²) in [5, 5.41) is 34.5. The van der Waals surface area contributed by atoms with Gasteiger partial charge in [-0.05, 0) is 104 Å². The van der Waals surface area contributed by atoms with E-state index in [4.69, 9.17) is 0 Å². The van der Waals surface area contributed by atoms with Crippen LogP contribution in [0.3, 0.4) is 0 Å². The van der Waals surface area contributed by atoms with Crippen LogP contribution in [0.4, 0.5) is 0 Å². The van der Waals surface area contributed by atoms with Gasteiger partial charge in [-0.3, -0.25) is 4.79 Å². The Balaban J connectivity index is 0.00000306. The predicted molar refractivity (Wildman–Crippen MR) is 119 cm³/mol. The molecule has 182 valence electrons. The molecule has 0 aromatic carbocycles. The summed E-state index contributed by atoms with van der Waals surface area (Å²) in [6.45, 7) is 6.70. The van der Waals surface area contributed by atoms with Crippen LogP contribution in [0.1, 0.15) is 85.0 Å². The SMILES string of the molecule is C[C@@H](CCC(=O)NCC(=O)[O-])[C@@H]1CCC2C3C(CC[C@]21C)[C@]1(C)CC[C@H](O)CC1C[C@@H]3O.[Na+]. The number of carboxylic acid groups (broad SMARTS) is 1. The summed E-state index contributed by atoms with van der Waals surface area (Å²) in [5.41, 5.74) is 0.436. The van der Waals surface area contributed by atoms with Crippen LogP contribution >= 0.6 is 0 Å². The van der Waals surface area contributed by atoms with Crippen molar-refractivity contribution < 1.29 is 54.5 Å². The van der Waals surface area contributed by atoms with E-state index in [1.165, 1.54) is 6.42 Å². The van der Waals surface area contributed by atoms with Crippen LogP contribution in [0, 0.1) is 46.3 Å². The van der Waals surface area contributed by atoms with Crippen LogP contribution in [0.5, 0.6) is 0 Å². The Kier molecular flexibility index (Phi) is 8.70. The average molecular weight is 472 g/mol. The van der Waals surface area contributed by atoms with Crippen molar-refractivity contribution in [3.63, 3.8) is 0 Å². The first kappa shape index (κ1) is 27.4. The first-order valence-electron chi connectivity index (χ1n) is 12.9. The summed E-state index contributed by atoms with van der Waals surface area (Å²) in [5.74, 6) is 1.31. The van der Waals surface area contributed by atoms with Gasteiger partial charge in [0.15, 0.2) is 0 Å². The Morgan fingerprint density at radius 1 is 1.03 bits per heavy atom. The van der Waals surface area contributed by atoms with Gasteiger partial charge < -0.3 is 25.4 Å². The molecular weight excluding hydrogens is 429 g/mol. The smallest absolute Gasteiger partial charge is 0.548 e. The van der Waals surface area contributed by atoms with Crippen LogP contribution in [-0.4, -0.2) is 40.8 Å². The maximum Gasteiger partial charge on any atom is 1.00 e. The number of aliphatic carboxylic acids is 1. The number of fused-ring (bicyclic) bond motifs is 5. The summed E-state index contributed by atoms with van der Waals surface area (Å²) in [7, 11) is 0. The van der Waals surface area contributed by atoms with Crippen molar-refractivity contribution in [3.8, 4) is 0 Å². The number of aliphatic hydroxyl groups excluding tert-OH is 2. The van der Waals surface area contributed by atoms with E-state index in [0.29, 0.717) is 41.9 Å². The van der Waals surface area contributed by atoms with Gasteiger partial charge in [-0.15, -0.1) is 0 Å². The number of hydrogen-bond acceptors (Lipinski definition) is 5. The van der Waals surface area contributed by atoms with Crippen molar-refractivity contribution >= 4 is 11.9 Å². The molecule has 4 unspecified atom stereocenters. The zero-order valence-electron chi connectivity index (χ0n) is 21.0. The second kappa shape index (κ2) is 10.5. The molecule has 0 bridgehead atoms. The van der Waals surface area contributed by atoms with Gasteiger partial charge in [0.25, 0.3) is 0 Å². The van der Waals surface area contributed by atoms with E-state index in [0.717, 1.165) is 51.4 Å². The van der Waals surface area contributed by atoms with E-state index >= 15 is 0 Å². The molecule has 0 aromatic heterocycles. The van der Waals surface area contributed by atoms with Gasteiger partial charge in [0.1, 0.15) is 0 Å². The Morgan fingerprint density at radius 3 is 2.39 bits per heavy atom. The Labute approximate surface area is 221 Å². The van der Waals surface area contributed by atoms with Crippen molar-refractivity contribution in [2.24, 2.45) is 46.3 Å². The summed E-state index contributed by atoms with van der Waals surface area (Å²) in [6, 6.07) is 0. The predicted octanol–water partition coefficient (Wildman–Crippen LogP) is -0.737. The molecular formula is C26H42NNaO5. The molecule has 0 radical (unpaired) electrons. The minimum Gasteiger partial charge on any atom is -0.548 e. The summed E-state index contributed by atoms with van der Waals surface area (Å²) in [4.78, 5) is 22.6. The third kappa shape index (κ3) is 5.07. The monoisotopic (exact) mass is 471 g/mol. The quantitative estimate of drug-likeness (QED) is 0.442. The zero-order valence-corrected chi connectivity index (χ0v) is 23.0. The molecule has 7 heteroatoms. The molecule has 0 spiro atoms. The average Bonchev–Trinajstić information content (AvgIpc) is 3.09. The van der Waals surface area contributed by atoms with E-state index in [1.807, 2.05) is 0 Å². The maximum absolute atomic E-state index is 12.0. The second-order valence-electron chi connectivity index (χ2n) is 12.1. The fourth-order valence-electron chi connectivity index (χ4n) is 8.99. The molecule has 4 fully saturated rings. The third-order valence-electron chi connectivity index (χ3n) is 10.7. The van der Waals surface area contributed by atoms with Gasteiger partial charge in [-0.25, -0.2) is 0 Å². The largest absolute Gasteiger partial charge is 1.00 e. The topological polar surface area (TPSA) is 110 Å². The molecule has 1 amide bonds. The van der Waals surface area contributed by atoms with Crippen LogP contribution in [0.15, 0.2) is 0 Å². The van der Waals surface area contributed by atoms with Gasteiger partial charge in [0.2, 0.25) is 5.91 Å². The number of rotatable bonds is 6. The van der Waals surface area contributed by atoms with E-state index in [1.54, 1.807) is 0 Å². The van der Waals surface area contributed by atoms with Gasteiger partial charge in [-0.1, -0.05) is 20.8 Å². The number of hydrogen-bond donors (Lipinski definition) is 3. The number of amides is 1. The van der Waals surface area contributed by atoms with E-state index in [9.17, 15) is 24.9 Å². The minimum atomic E-state index is -1.26. The minimum absolute atomic E-state index is 0. The Hall–Kier alpha value is -0.140. The van der Waals surface area contributed by atoms with Crippen LogP contribution in [-0.2, 0) is 9.59 Å². The van der Waals surface area contributed by atoms with Crippen molar-refractivity contribution in [1.82, 2.24) is 5.32 Å². The van der Waals surface area contributed by atoms with Crippen molar-refractivity contribution in [3.05, 3.63) is 0 Å². The maximum atomic E-state index is 12.0. The molecule has 6 nitrogen and oxygen atoms in total. The summed E-state index contributed by atoms with van der Waals surface area (Å²) < 4.78 is 0. The fraction of sp³-hybridized carbons (Fsp3) is 0.923. The van der Waals surface area contributed by atoms with Crippen molar-refractivity contribution in [2.75, 3.05) is 6.54 Å². The molecule has 33 heavy (non-hydrogen) atoms. The normalized spacial score (nSPS) is 45.1. The van der Waals surface area contributed by atoms with Gasteiger partial charge >= 0.3 is 29.6 Å². The second-order valence-corrected chi connectivity index (χ2v) is 12.1. The van der Waals surface area contributed by atoms with E-state index in [-0.39, 0.29) is 58.5 Å². The standard InChI is InChI=1S/C26H43NO5.Na/c1-15(4-7-22(30)27-14-23(31)32)18-5-6-19-24-20(9-11-26(18,19)3)25(2)10-8-17(28)12-16(25)13-21(24)29;/h15-21,24,28-29H,4-14H2,1-3H3,(H,27,30)(H,31,32);/q;+1/p-1/t15-,16?,17-,18-,19?,20?,21-,24?,25+,26-;/m0./s1. The number of carbonyl (C=O) groups is 2. The van der Waals surface area contributed by atoms with Crippen LogP contribution in [0.2, 0.25) is 0 Å². The number of carboxylic acids is 1. The van der Waals surface area contributed by atoms with E-state index < -0.39 is 12.5 Å². The molecule has 4 aliphatic carbocycles. The molecule has 0 saturated heterocycles. The number of nitrogens with one attached hydrogen (secondary N) is 1. The molecule has 10 atom stereocenters. The molecule has 4 rings (SSSR count). The third-order valence-corrected chi connectivity index (χ3v) is 10.7. The molecule has 3 N–H and O–H groups in total. The van der Waals surface area contributed by atoms with E-state index in [2.05, 4.69) is 26.1 Å². The molecule has 0 heterocycles. The summed E-state index contributed by atoms with van der Waals surface area (Å²) >= 11 is 0. The number of carbonyl (C=O) groups excluding carboxylic acids is 2. The van der Waals surface area contributed by atoms with Gasteiger partial charge in [0, 0.05) is 6.42 Å². The van der Waals surface area contributed by atoms with Gasteiger partial charge in [0.05, 0.1) is 24.7 Å². The molecule has 4 aliphatic rings.